The number of hydrogen-bond donors (Lipinski definition) is 2. The van der Waals surface area contributed by atoms with Crippen LogP contribution in [0.5, 0.6) is 0 Å². The van der Waals surface area contributed by atoms with Crippen LogP contribution in [0.1, 0.15) is 46.4 Å². The predicted molar refractivity (Wildman–Crippen MR) is 117 cm³/mol. The summed E-state index contributed by atoms with van der Waals surface area (Å²) in [7, 11) is 0. The summed E-state index contributed by atoms with van der Waals surface area (Å²) in [6, 6.07) is 13.4. The van der Waals surface area contributed by atoms with Crippen LogP contribution in [0.2, 0.25) is 0 Å². The van der Waals surface area contributed by atoms with Crippen molar-refractivity contribution in [2.45, 2.75) is 37.8 Å². The van der Waals surface area contributed by atoms with Gasteiger partial charge in [0.1, 0.15) is 5.82 Å². The molecule has 2 fully saturated rings. The van der Waals surface area contributed by atoms with Gasteiger partial charge in [-0.1, -0.05) is 18.2 Å². The molecule has 0 aromatic heterocycles. The summed E-state index contributed by atoms with van der Waals surface area (Å²) in [5, 5.41) is 6.00. The van der Waals surface area contributed by atoms with Gasteiger partial charge in [-0.3, -0.25) is 9.59 Å². The molecule has 0 bridgehead atoms. The summed E-state index contributed by atoms with van der Waals surface area (Å²) in [4.78, 5) is 27.4. The van der Waals surface area contributed by atoms with E-state index in [1.165, 1.54) is 18.2 Å². The van der Waals surface area contributed by atoms with E-state index in [4.69, 9.17) is 4.74 Å². The second-order valence-corrected chi connectivity index (χ2v) is 8.11. The van der Waals surface area contributed by atoms with Gasteiger partial charge in [0.05, 0.1) is 11.7 Å². The van der Waals surface area contributed by atoms with E-state index in [2.05, 4.69) is 15.5 Å². The molecule has 6 nitrogen and oxygen atoms in total. The van der Waals surface area contributed by atoms with Gasteiger partial charge in [0.15, 0.2) is 0 Å². The average molecular weight is 426 g/mol. The summed E-state index contributed by atoms with van der Waals surface area (Å²) in [5.41, 5.74) is 1.89. The Kier molecular flexibility index (Phi) is 6.82. The van der Waals surface area contributed by atoms with Crippen molar-refractivity contribution >= 4 is 17.5 Å². The summed E-state index contributed by atoms with van der Waals surface area (Å²) >= 11 is 0. The lowest BCUT2D eigenvalue weighted by Crippen LogP contribution is -2.45. The highest BCUT2D eigenvalue weighted by molar-refractivity contribution is 6.00. The zero-order valence-electron chi connectivity index (χ0n) is 17.5. The van der Waals surface area contributed by atoms with E-state index >= 15 is 0 Å². The van der Waals surface area contributed by atoms with Crippen molar-refractivity contribution in [2.24, 2.45) is 0 Å². The minimum absolute atomic E-state index is 0.0209. The van der Waals surface area contributed by atoms with Gasteiger partial charge < -0.3 is 20.3 Å². The minimum atomic E-state index is -0.420. The van der Waals surface area contributed by atoms with E-state index in [0.29, 0.717) is 17.7 Å². The molecule has 2 amide bonds. The molecule has 31 heavy (non-hydrogen) atoms. The Balaban J connectivity index is 1.33. The smallest absolute Gasteiger partial charge is 0.253 e. The second kappa shape index (κ2) is 9.92. The molecular formula is C24H28FN3O3. The SMILES string of the molecule is O=C(NC1CCN(c2ccccc2C(=O)NCC2CCCO2)CC1)c1cccc(F)c1. The molecule has 164 valence electrons. The average Bonchev–Trinajstić information content (AvgIpc) is 3.32. The molecule has 7 heteroatoms. The lowest BCUT2D eigenvalue weighted by atomic mass is 10.0. The maximum atomic E-state index is 13.4. The third kappa shape index (κ3) is 5.41. The molecule has 2 heterocycles. The minimum Gasteiger partial charge on any atom is -0.376 e. The van der Waals surface area contributed by atoms with Crippen molar-refractivity contribution in [1.82, 2.24) is 10.6 Å². The van der Waals surface area contributed by atoms with Crippen LogP contribution in [0, 0.1) is 5.82 Å². The molecule has 0 aliphatic carbocycles. The maximum absolute atomic E-state index is 13.4. The number of halogens is 1. The fourth-order valence-electron chi connectivity index (χ4n) is 4.21. The Morgan fingerprint density at radius 2 is 1.84 bits per heavy atom. The molecule has 2 aromatic carbocycles. The van der Waals surface area contributed by atoms with Crippen molar-refractivity contribution < 1.29 is 18.7 Å². The van der Waals surface area contributed by atoms with Crippen LogP contribution >= 0.6 is 0 Å². The third-order valence-electron chi connectivity index (χ3n) is 5.92. The van der Waals surface area contributed by atoms with Crippen molar-refractivity contribution in [3.05, 3.63) is 65.5 Å². The molecular weight excluding hydrogens is 397 g/mol. The first-order valence-corrected chi connectivity index (χ1v) is 10.9. The van der Waals surface area contributed by atoms with E-state index in [-0.39, 0.29) is 24.0 Å². The van der Waals surface area contributed by atoms with Gasteiger partial charge in [0, 0.05) is 43.5 Å². The van der Waals surface area contributed by atoms with Crippen LogP contribution in [-0.4, -0.2) is 50.2 Å². The van der Waals surface area contributed by atoms with Gasteiger partial charge in [0.25, 0.3) is 11.8 Å². The molecule has 0 saturated carbocycles. The molecule has 2 N–H and O–H groups in total. The number of ether oxygens (including phenoxy) is 1. The molecule has 1 unspecified atom stereocenters. The topological polar surface area (TPSA) is 70.7 Å². The first-order valence-electron chi connectivity index (χ1n) is 10.9. The number of rotatable bonds is 6. The van der Waals surface area contributed by atoms with E-state index in [1.54, 1.807) is 6.07 Å². The van der Waals surface area contributed by atoms with Crippen molar-refractivity contribution in [3.63, 3.8) is 0 Å². The highest BCUT2D eigenvalue weighted by Gasteiger charge is 2.25. The van der Waals surface area contributed by atoms with E-state index in [9.17, 15) is 14.0 Å². The highest BCUT2D eigenvalue weighted by Crippen LogP contribution is 2.25. The summed E-state index contributed by atoms with van der Waals surface area (Å²) in [6.45, 7) is 2.75. The fourth-order valence-corrected chi connectivity index (χ4v) is 4.21. The number of carbonyl (C=O) groups excluding carboxylic acids is 2. The first-order chi connectivity index (χ1) is 15.1. The Morgan fingerprint density at radius 1 is 1.03 bits per heavy atom. The second-order valence-electron chi connectivity index (χ2n) is 8.11. The highest BCUT2D eigenvalue weighted by atomic mass is 19.1. The first kappa shape index (κ1) is 21.3. The van der Waals surface area contributed by atoms with Gasteiger partial charge >= 0.3 is 0 Å². The number of anilines is 1. The molecule has 4 rings (SSSR count). The largest absolute Gasteiger partial charge is 0.376 e. The predicted octanol–water partition coefficient (Wildman–Crippen LogP) is 3.13. The monoisotopic (exact) mass is 425 g/mol. The van der Waals surface area contributed by atoms with Gasteiger partial charge in [-0.2, -0.15) is 0 Å². The van der Waals surface area contributed by atoms with Crippen LogP contribution < -0.4 is 15.5 Å². The molecule has 2 aliphatic rings. The van der Waals surface area contributed by atoms with Crippen molar-refractivity contribution in [2.75, 3.05) is 31.1 Å². The number of nitrogens with one attached hydrogen (secondary N) is 2. The van der Waals surface area contributed by atoms with E-state index in [0.717, 1.165) is 51.1 Å². The number of piperidine rings is 1. The standard InChI is InChI=1S/C24H28FN3O3/c25-18-6-3-5-17(15-18)23(29)27-19-10-12-28(13-11-19)22-9-2-1-8-21(22)24(30)26-16-20-7-4-14-31-20/h1-3,5-6,8-9,15,19-20H,4,7,10-14,16H2,(H,26,30)(H,27,29). The number of nitrogens with zero attached hydrogens (tertiary/aromatic N) is 1. The summed E-state index contributed by atoms with van der Waals surface area (Å²) < 4.78 is 19.0. The quantitative estimate of drug-likeness (QED) is 0.746. The molecule has 0 radical (unpaired) electrons. The lowest BCUT2D eigenvalue weighted by molar-refractivity contribution is 0.0858. The van der Waals surface area contributed by atoms with E-state index < -0.39 is 5.82 Å². The van der Waals surface area contributed by atoms with Crippen LogP contribution in [-0.2, 0) is 4.74 Å². The number of benzene rings is 2. The molecule has 2 aliphatic heterocycles. The van der Waals surface area contributed by atoms with Crippen LogP contribution in [0.15, 0.2) is 48.5 Å². The van der Waals surface area contributed by atoms with Crippen LogP contribution in [0.3, 0.4) is 0 Å². The maximum Gasteiger partial charge on any atom is 0.253 e. The molecule has 2 saturated heterocycles. The number of hydrogen-bond acceptors (Lipinski definition) is 4. The van der Waals surface area contributed by atoms with Crippen LogP contribution in [0.25, 0.3) is 0 Å². The summed E-state index contributed by atoms with van der Waals surface area (Å²) in [5.74, 6) is -0.767. The Hall–Kier alpha value is -2.93. The van der Waals surface area contributed by atoms with E-state index in [1.807, 2.05) is 24.3 Å². The Morgan fingerprint density at radius 3 is 2.58 bits per heavy atom. The van der Waals surface area contributed by atoms with Crippen LogP contribution in [0.4, 0.5) is 10.1 Å². The van der Waals surface area contributed by atoms with Crippen molar-refractivity contribution in [1.29, 1.82) is 0 Å². The fraction of sp³-hybridized carbons (Fsp3) is 0.417. The third-order valence-corrected chi connectivity index (χ3v) is 5.92. The number of carbonyl (C=O) groups is 2. The Labute approximate surface area is 181 Å². The number of amides is 2. The van der Waals surface area contributed by atoms with Gasteiger partial charge in [0.2, 0.25) is 0 Å². The van der Waals surface area contributed by atoms with Crippen molar-refractivity contribution in [3.8, 4) is 0 Å². The number of para-hydroxylation sites is 1. The molecule has 0 spiro atoms. The normalized spacial score (nSPS) is 19.3. The Bertz CT molecular complexity index is 922. The zero-order chi connectivity index (χ0) is 21.6. The molecule has 1 atom stereocenters. The van der Waals surface area contributed by atoms with Gasteiger partial charge in [-0.15, -0.1) is 0 Å². The van der Waals surface area contributed by atoms with Gasteiger partial charge in [-0.05, 0) is 56.0 Å². The summed E-state index contributed by atoms with van der Waals surface area (Å²) in [6.07, 6.45) is 3.65. The molecule has 2 aromatic rings. The van der Waals surface area contributed by atoms with Gasteiger partial charge in [-0.25, -0.2) is 4.39 Å². The lowest BCUT2D eigenvalue weighted by Gasteiger charge is -2.35. The zero-order valence-corrected chi connectivity index (χ0v) is 17.5.